The van der Waals surface area contributed by atoms with Crippen molar-refractivity contribution in [3.05, 3.63) is 65.4 Å². The highest BCUT2D eigenvalue weighted by Gasteiger charge is 2.58. The van der Waals surface area contributed by atoms with Crippen LogP contribution >= 0.6 is 0 Å². The first-order valence-electron chi connectivity index (χ1n) is 10.6. The number of anilines is 1. The number of fused-ring (bicyclic) bond motifs is 5. The Morgan fingerprint density at radius 3 is 2.61 bits per heavy atom. The number of aromatic amines is 1. The lowest BCUT2D eigenvalue weighted by atomic mass is 9.87. The van der Waals surface area contributed by atoms with Gasteiger partial charge in [0.1, 0.15) is 0 Å². The highest BCUT2D eigenvalue weighted by molar-refractivity contribution is 6.23. The molecule has 2 aliphatic heterocycles. The second-order valence-electron chi connectivity index (χ2n) is 8.22. The number of amides is 4. The van der Waals surface area contributed by atoms with E-state index in [1.54, 1.807) is 29.2 Å². The van der Waals surface area contributed by atoms with E-state index in [0.29, 0.717) is 30.8 Å². The molecule has 0 spiro atoms. The fraction of sp³-hybridized carbons (Fsp3) is 0.292. The van der Waals surface area contributed by atoms with Gasteiger partial charge in [-0.3, -0.25) is 9.59 Å². The number of hydrogen-bond acceptors (Lipinski definition) is 3. The number of nitrogens with zero attached hydrogens (tertiary/aromatic N) is 2. The fourth-order valence-electron chi connectivity index (χ4n) is 4.72. The Hall–Kier alpha value is -3.61. The number of rotatable bonds is 4. The summed E-state index contributed by atoms with van der Waals surface area (Å²) in [5, 5.41) is 3.92. The Morgan fingerprint density at radius 1 is 1.13 bits per heavy atom. The summed E-state index contributed by atoms with van der Waals surface area (Å²) < 4.78 is 0. The molecule has 5 rings (SSSR count). The van der Waals surface area contributed by atoms with Crippen molar-refractivity contribution in [1.29, 1.82) is 0 Å². The molecule has 31 heavy (non-hydrogen) atoms. The molecular weight excluding hydrogens is 392 g/mol. The number of aromatic nitrogens is 1. The minimum Gasteiger partial charge on any atom is -0.356 e. The third-order valence-corrected chi connectivity index (χ3v) is 6.39. The highest BCUT2D eigenvalue weighted by atomic mass is 16.2. The maximum Gasteiger partial charge on any atom is 0.332 e. The van der Waals surface area contributed by atoms with Gasteiger partial charge in [-0.1, -0.05) is 25.1 Å². The summed E-state index contributed by atoms with van der Waals surface area (Å²) in [6, 6.07) is 14.3. The van der Waals surface area contributed by atoms with Crippen LogP contribution < -0.4 is 10.2 Å². The first kappa shape index (κ1) is 19.4. The van der Waals surface area contributed by atoms with Gasteiger partial charge in [0.25, 0.3) is 11.8 Å². The zero-order valence-corrected chi connectivity index (χ0v) is 17.6. The molecule has 2 aromatic carbocycles. The monoisotopic (exact) mass is 416 g/mol. The van der Waals surface area contributed by atoms with Crippen molar-refractivity contribution in [2.45, 2.75) is 32.2 Å². The van der Waals surface area contributed by atoms with Crippen LogP contribution in [0, 0.1) is 0 Å². The van der Waals surface area contributed by atoms with E-state index in [-0.39, 0.29) is 17.8 Å². The molecule has 0 bridgehead atoms. The van der Waals surface area contributed by atoms with Crippen LogP contribution in [-0.2, 0) is 16.8 Å². The molecule has 0 saturated carbocycles. The zero-order chi connectivity index (χ0) is 21.8. The molecule has 2 N–H and O–H groups in total. The van der Waals surface area contributed by atoms with Crippen LogP contribution in [-0.4, -0.2) is 40.8 Å². The quantitative estimate of drug-likeness (QED) is 0.638. The number of carbonyl (C=O) groups excluding carboxylic acids is 3. The van der Waals surface area contributed by atoms with E-state index in [0.717, 1.165) is 28.6 Å². The standard InChI is InChI=1S/C24H24N4O3/c1-3-13-25-21(29)15-8-10-16(11-9-15)28-22(30)24(2)20-18(12-14-27(24)23(28)31)17-6-4-5-7-19(17)26-20/h4-11,26H,3,12-14H2,1-2H3,(H,25,29)/t24-/m1/s1. The van der Waals surface area contributed by atoms with Crippen LogP contribution in [0.15, 0.2) is 48.5 Å². The second kappa shape index (κ2) is 6.97. The predicted molar refractivity (Wildman–Crippen MR) is 118 cm³/mol. The summed E-state index contributed by atoms with van der Waals surface area (Å²) in [7, 11) is 0. The van der Waals surface area contributed by atoms with E-state index in [1.807, 2.05) is 38.1 Å². The molecule has 1 saturated heterocycles. The molecule has 7 nitrogen and oxygen atoms in total. The average molecular weight is 416 g/mol. The lowest BCUT2D eigenvalue weighted by Gasteiger charge is -2.35. The number of urea groups is 1. The Bertz CT molecular complexity index is 1210. The van der Waals surface area contributed by atoms with Crippen LogP contribution in [0.5, 0.6) is 0 Å². The summed E-state index contributed by atoms with van der Waals surface area (Å²) in [6.07, 6.45) is 1.54. The van der Waals surface area contributed by atoms with Gasteiger partial charge >= 0.3 is 6.03 Å². The smallest absolute Gasteiger partial charge is 0.332 e. The Labute approximate surface area is 180 Å². The average Bonchev–Trinajstić information content (AvgIpc) is 3.26. The third-order valence-electron chi connectivity index (χ3n) is 6.39. The van der Waals surface area contributed by atoms with Gasteiger partial charge in [-0.05, 0) is 55.7 Å². The molecule has 0 radical (unpaired) electrons. The SMILES string of the molecule is CCCNC(=O)c1ccc(N2C(=O)N3CCc4c([nH]c5ccccc45)[C@]3(C)C2=O)cc1. The van der Waals surface area contributed by atoms with E-state index in [9.17, 15) is 14.4 Å². The van der Waals surface area contributed by atoms with Crippen molar-refractivity contribution in [2.75, 3.05) is 18.0 Å². The van der Waals surface area contributed by atoms with Crippen molar-refractivity contribution >= 4 is 34.4 Å². The van der Waals surface area contributed by atoms with Crippen molar-refractivity contribution < 1.29 is 14.4 Å². The maximum absolute atomic E-state index is 13.6. The number of para-hydroxylation sites is 1. The summed E-state index contributed by atoms with van der Waals surface area (Å²) >= 11 is 0. The summed E-state index contributed by atoms with van der Waals surface area (Å²) in [6.45, 7) is 4.88. The van der Waals surface area contributed by atoms with Crippen LogP contribution in [0.25, 0.3) is 10.9 Å². The van der Waals surface area contributed by atoms with E-state index in [1.165, 1.54) is 4.90 Å². The molecule has 1 aromatic heterocycles. The largest absolute Gasteiger partial charge is 0.356 e. The second-order valence-corrected chi connectivity index (χ2v) is 8.22. The first-order valence-corrected chi connectivity index (χ1v) is 10.6. The minimum atomic E-state index is -1.08. The number of nitrogens with one attached hydrogen (secondary N) is 2. The molecular formula is C24H24N4O3. The zero-order valence-electron chi connectivity index (χ0n) is 17.6. The van der Waals surface area contributed by atoms with Gasteiger partial charge in [0.15, 0.2) is 5.54 Å². The van der Waals surface area contributed by atoms with E-state index in [2.05, 4.69) is 10.3 Å². The molecule has 4 amide bonds. The molecule has 3 aromatic rings. The molecule has 7 heteroatoms. The van der Waals surface area contributed by atoms with Gasteiger partial charge in [-0.15, -0.1) is 0 Å². The lowest BCUT2D eigenvalue weighted by Crippen LogP contribution is -2.49. The van der Waals surface area contributed by atoms with Gasteiger partial charge in [0.05, 0.1) is 11.4 Å². The van der Waals surface area contributed by atoms with E-state index >= 15 is 0 Å². The van der Waals surface area contributed by atoms with E-state index in [4.69, 9.17) is 0 Å². The van der Waals surface area contributed by atoms with Crippen LogP contribution in [0.1, 0.15) is 41.9 Å². The Morgan fingerprint density at radius 2 is 1.87 bits per heavy atom. The summed E-state index contributed by atoms with van der Waals surface area (Å²) in [5.41, 5.74) is 2.74. The summed E-state index contributed by atoms with van der Waals surface area (Å²) in [5.74, 6) is -0.451. The van der Waals surface area contributed by atoms with Gasteiger partial charge in [-0.2, -0.15) is 0 Å². The van der Waals surface area contributed by atoms with Crippen molar-refractivity contribution in [1.82, 2.24) is 15.2 Å². The molecule has 3 heterocycles. The predicted octanol–water partition coefficient (Wildman–Crippen LogP) is 3.55. The molecule has 1 atom stereocenters. The Kier molecular flexibility index (Phi) is 4.36. The number of carbonyl (C=O) groups is 3. The number of H-pyrrole nitrogens is 1. The topological polar surface area (TPSA) is 85.5 Å². The lowest BCUT2D eigenvalue weighted by molar-refractivity contribution is -0.125. The first-order chi connectivity index (χ1) is 15.0. The van der Waals surface area contributed by atoms with Crippen LogP contribution in [0.4, 0.5) is 10.5 Å². The summed E-state index contributed by atoms with van der Waals surface area (Å²) in [4.78, 5) is 45.4. The Balaban J connectivity index is 1.51. The number of imide groups is 1. The van der Waals surface area contributed by atoms with Crippen molar-refractivity contribution in [3.8, 4) is 0 Å². The van der Waals surface area contributed by atoms with Crippen LogP contribution in [0.2, 0.25) is 0 Å². The van der Waals surface area contributed by atoms with Crippen LogP contribution in [0.3, 0.4) is 0 Å². The fourth-order valence-corrected chi connectivity index (χ4v) is 4.72. The molecule has 158 valence electrons. The van der Waals surface area contributed by atoms with Crippen molar-refractivity contribution in [3.63, 3.8) is 0 Å². The number of benzene rings is 2. The van der Waals surface area contributed by atoms with Crippen molar-refractivity contribution in [2.24, 2.45) is 0 Å². The van der Waals surface area contributed by atoms with E-state index < -0.39 is 5.54 Å². The molecule has 0 aliphatic carbocycles. The minimum absolute atomic E-state index is 0.167. The molecule has 1 fully saturated rings. The maximum atomic E-state index is 13.6. The van der Waals surface area contributed by atoms with Gasteiger partial charge in [0.2, 0.25) is 0 Å². The van der Waals surface area contributed by atoms with Gasteiger partial charge in [-0.25, -0.2) is 9.69 Å². The van der Waals surface area contributed by atoms with Gasteiger partial charge in [0, 0.05) is 29.6 Å². The van der Waals surface area contributed by atoms with Gasteiger partial charge < -0.3 is 15.2 Å². The third kappa shape index (κ3) is 2.69. The molecule has 0 unspecified atom stereocenters. The normalized spacial score (nSPS) is 20.2. The highest BCUT2D eigenvalue weighted by Crippen LogP contribution is 2.45. The number of hydrogen-bond donors (Lipinski definition) is 2. The molecule has 2 aliphatic rings.